The van der Waals surface area contributed by atoms with Crippen LogP contribution >= 0.6 is 11.8 Å². The van der Waals surface area contributed by atoms with Crippen LogP contribution in [0.2, 0.25) is 0 Å². The molecule has 2 heterocycles. The van der Waals surface area contributed by atoms with Gasteiger partial charge >= 0.3 is 0 Å². The van der Waals surface area contributed by atoms with E-state index in [9.17, 15) is 9.59 Å². The molecule has 1 aromatic carbocycles. The first-order valence-corrected chi connectivity index (χ1v) is 8.25. The normalized spacial score (nSPS) is 11.0. The van der Waals surface area contributed by atoms with Gasteiger partial charge in [-0.1, -0.05) is 29.5 Å². The van der Waals surface area contributed by atoms with E-state index in [-0.39, 0.29) is 23.0 Å². The van der Waals surface area contributed by atoms with Gasteiger partial charge in [-0.25, -0.2) is 0 Å². The molecule has 0 radical (unpaired) electrons. The molecule has 3 rings (SSSR count). The molecule has 2 aromatic heterocycles. The summed E-state index contributed by atoms with van der Waals surface area (Å²) >= 11 is 1.20. The predicted molar refractivity (Wildman–Crippen MR) is 91.4 cm³/mol. The van der Waals surface area contributed by atoms with E-state index in [1.54, 1.807) is 6.92 Å². The second kappa shape index (κ2) is 6.44. The van der Waals surface area contributed by atoms with Crippen molar-refractivity contribution in [1.82, 2.24) is 24.8 Å². The summed E-state index contributed by atoms with van der Waals surface area (Å²) in [7, 11) is 0. The van der Waals surface area contributed by atoms with Crippen molar-refractivity contribution in [2.75, 3.05) is 11.1 Å². The van der Waals surface area contributed by atoms with E-state index in [1.807, 2.05) is 32.0 Å². The number of aromatic nitrogens is 5. The molecule has 0 aliphatic rings. The fraction of sp³-hybridized carbons (Fsp3) is 0.267. The molecule has 9 heteroatoms. The summed E-state index contributed by atoms with van der Waals surface area (Å²) in [6, 6.07) is 5.85. The first kappa shape index (κ1) is 16.2. The fourth-order valence-electron chi connectivity index (χ4n) is 2.18. The molecule has 3 aromatic rings. The molecule has 8 nitrogen and oxygen atoms in total. The van der Waals surface area contributed by atoms with Crippen molar-refractivity contribution in [2.24, 2.45) is 0 Å². The predicted octanol–water partition coefficient (Wildman–Crippen LogP) is 1.47. The van der Waals surface area contributed by atoms with Crippen LogP contribution in [0, 0.1) is 20.8 Å². The number of carbonyl (C=O) groups is 1. The monoisotopic (exact) mass is 344 g/mol. The van der Waals surface area contributed by atoms with Gasteiger partial charge in [-0.3, -0.25) is 14.6 Å². The number of rotatable bonds is 4. The van der Waals surface area contributed by atoms with E-state index >= 15 is 0 Å². The maximum absolute atomic E-state index is 12.1. The number of benzene rings is 1. The Bertz CT molecular complexity index is 978. The average molecular weight is 344 g/mol. The van der Waals surface area contributed by atoms with Crippen molar-refractivity contribution < 1.29 is 4.79 Å². The lowest BCUT2D eigenvalue weighted by Gasteiger charge is -2.08. The summed E-state index contributed by atoms with van der Waals surface area (Å²) in [4.78, 5) is 26.2. The number of hydrogen-bond acceptors (Lipinski definition) is 6. The number of nitrogens with zero attached hydrogens (tertiary/aromatic N) is 4. The maximum Gasteiger partial charge on any atom is 0.273 e. The number of aryl methyl sites for hydroxylation is 3. The highest BCUT2D eigenvalue weighted by atomic mass is 32.2. The van der Waals surface area contributed by atoms with Gasteiger partial charge in [0.1, 0.15) is 5.69 Å². The summed E-state index contributed by atoms with van der Waals surface area (Å²) < 4.78 is 1.42. The smallest absolute Gasteiger partial charge is 0.273 e. The highest BCUT2D eigenvalue weighted by Gasteiger charge is 2.12. The average Bonchev–Trinajstić information content (AvgIpc) is 2.90. The number of carbonyl (C=O) groups excluding carboxylic acids is 1. The van der Waals surface area contributed by atoms with E-state index in [0.29, 0.717) is 10.9 Å². The zero-order valence-corrected chi connectivity index (χ0v) is 14.3. The molecular formula is C15H16N6O2S. The van der Waals surface area contributed by atoms with Crippen LogP contribution in [0.15, 0.2) is 28.2 Å². The van der Waals surface area contributed by atoms with Crippen LogP contribution < -0.4 is 10.9 Å². The molecule has 0 saturated heterocycles. The van der Waals surface area contributed by atoms with Gasteiger partial charge in [-0.05, 0) is 32.4 Å². The van der Waals surface area contributed by atoms with Crippen LogP contribution in [0.1, 0.15) is 16.8 Å². The Kier molecular flexibility index (Phi) is 4.34. The first-order chi connectivity index (χ1) is 11.4. The molecule has 0 atom stereocenters. The van der Waals surface area contributed by atoms with Gasteiger partial charge in [0.05, 0.1) is 5.75 Å². The zero-order chi connectivity index (χ0) is 17.3. The number of nitrogens with one attached hydrogen (secondary N) is 2. The summed E-state index contributed by atoms with van der Waals surface area (Å²) in [5.74, 6) is 0.265. The van der Waals surface area contributed by atoms with Crippen molar-refractivity contribution in [3.63, 3.8) is 0 Å². The Morgan fingerprint density at radius 3 is 2.83 bits per heavy atom. The molecule has 0 aliphatic heterocycles. The summed E-state index contributed by atoms with van der Waals surface area (Å²) in [5, 5.41) is 15.2. The lowest BCUT2D eigenvalue weighted by atomic mass is 10.1. The number of hydrogen-bond donors (Lipinski definition) is 2. The minimum atomic E-state index is -0.306. The Balaban J connectivity index is 1.70. The highest BCUT2D eigenvalue weighted by molar-refractivity contribution is 7.99. The second-order valence-electron chi connectivity index (χ2n) is 5.41. The van der Waals surface area contributed by atoms with E-state index in [0.717, 1.165) is 16.8 Å². The molecule has 0 bridgehead atoms. The third-order valence-electron chi connectivity index (χ3n) is 3.40. The van der Waals surface area contributed by atoms with Crippen molar-refractivity contribution in [3.8, 4) is 0 Å². The largest absolute Gasteiger partial charge is 0.325 e. The summed E-state index contributed by atoms with van der Waals surface area (Å²) in [6.07, 6.45) is 0. The number of fused-ring (bicyclic) bond motifs is 1. The Hall–Kier alpha value is -2.68. The lowest BCUT2D eigenvalue weighted by molar-refractivity contribution is -0.113. The maximum atomic E-state index is 12.1. The zero-order valence-electron chi connectivity index (χ0n) is 13.5. The van der Waals surface area contributed by atoms with Gasteiger partial charge in [0.2, 0.25) is 11.1 Å². The standard InChI is InChI=1S/C15H16N6O2S/c1-8-4-5-11(9(2)6-8)16-12(22)7-24-15-19-18-14-17-13(23)10(3)20-21(14)15/h4-6H,7H2,1-3H3,(H,16,22)(H,17,18,23). The molecule has 124 valence electrons. The second-order valence-corrected chi connectivity index (χ2v) is 6.36. The number of thioether (sulfide) groups is 1. The van der Waals surface area contributed by atoms with E-state index in [2.05, 4.69) is 25.6 Å². The van der Waals surface area contributed by atoms with Crippen LogP contribution in [-0.2, 0) is 4.79 Å². The third kappa shape index (κ3) is 3.30. The van der Waals surface area contributed by atoms with Crippen molar-refractivity contribution in [2.45, 2.75) is 25.9 Å². The van der Waals surface area contributed by atoms with Gasteiger partial charge < -0.3 is 5.32 Å². The van der Waals surface area contributed by atoms with Gasteiger partial charge in [0, 0.05) is 5.69 Å². The first-order valence-electron chi connectivity index (χ1n) is 7.26. The van der Waals surface area contributed by atoms with Crippen molar-refractivity contribution in [3.05, 3.63) is 45.4 Å². The van der Waals surface area contributed by atoms with Gasteiger partial charge in [0.25, 0.3) is 11.3 Å². The van der Waals surface area contributed by atoms with Gasteiger partial charge in [0.15, 0.2) is 0 Å². The molecule has 0 saturated carbocycles. The summed E-state index contributed by atoms with van der Waals surface area (Å²) in [6.45, 7) is 5.55. The fourth-order valence-corrected chi connectivity index (χ4v) is 2.86. The molecule has 0 unspecified atom stereocenters. The van der Waals surface area contributed by atoms with E-state index < -0.39 is 0 Å². The minimum Gasteiger partial charge on any atom is -0.325 e. The molecular weight excluding hydrogens is 328 g/mol. The Morgan fingerprint density at radius 2 is 2.08 bits per heavy atom. The molecule has 0 spiro atoms. The van der Waals surface area contributed by atoms with Crippen molar-refractivity contribution in [1.29, 1.82) is 0 Å². The van der Waals surface area contributed by atoms with Crippen LogP contribution in [0.5, 0.6) is 0 Å². The molecule has 2 N–H and O–H groups in total. The third-order valence-corrected chi connectivity index (χ3v) is 4.32. The van der Waals surface area contributed by atoms with Crippen LogP contribution in [0.4, 0.5) is 5.69 Å². The van der Waals surface area contributed by atoms with Crippen LogP contribution in [0.3, 0.4) is 0 Å². The number of anilines is 1. The highest BCUT2D eigenvalue weighted by Crippen LogP contribution is 2.18. The SMILES string of the molecule is Cc1ccc(NC(=O)CSc2nnc3[nH]c(=O)c(C)nn23)c(C)c1. The van der Waals surface area contributed by atoms with Crippen LogP contribution in [0.25, 0.3) is 5.78 Å². The summed E-state index contributed by atoms with van der Waals surface area (Å²) in [5.41, 5.74) is 2.94. The van der Waals surface area contributed by atoms with E-state index in [1.165, 1.54) is 16.3 Å². The molecule has 0 aliphatic carbocycles. The minimum absolute atomic E-state index is 0.148. The van der Waals surface area contributed by atoms with Crippen molar-refractivity contribution >= 4 is 29.1 Å². The quantitative estimate of drug-likeness (QED) is 0.694. The topological polar surface area (TPSA) is 105 Å². The lowest BCUT2D eigenvalue weighted by Crippen LogP contribution is -2.17. The Morgan fingerprint density at radius 1 is 1.29 bits per heavy atom. The number of H-pyrrole nitrogens is 1. The number of amides is 1. The number of aromatic amines is 1. The Labute approximate surface area is 141 Å². The molecule has 0 fully saturated rings. The molecule has 24 heavy (non-hydrogen) atoms. The molecule has 1 amide bonds. The van der Waals surface area contributed by atoms with Gasteiger partial charge in [-0.2, -0.15) is 9.61 Å². The van der Waals surface area contributed by atoms with Crippen LogP contribution in [-0.4, -0.2) is 36.5 Å². The van der Waals surface area contributed by atoms with Gasteiger partial charge in [-0.15, -0.1) is 10.2 Å². The van der Waals surface area contributed by atoms with E-state index in [4.69, 9.17) is 0 Å².